The van der Waals surface area contributed by atoms with Crippen molar-refractivity contribution in [3.63, 3.8) is 0 Å². The molecule has 0 aliphatic heterocycles. The molecule has 0 aliphatic rings. The van der Waals surface area contributed by atoms with E-state index in [0.29, 0.717) is 17.7 Å². The summed E-state index contributed by atoms with van der Waals surface area (Å²) in [4.78, 5) is 11.3. The summed E-state index contributed by atoms with van der Waals surface area (Å²) >= 11 is 1.58. The van der Waals surface area contributed by atoms with Gasteiger partial charge in [0.25, 0.3) is 0 Å². The summed E-state index contributed by atoms with van der Waals surface area (Å²) in [7, 11) is 1.66. The van der Waals surface area contributed by atoms with Gasteiger partial charge in [0.1, 0.15) is 11.6 Å². The predicted molar refractivity (Wildman–Crippen MR) is 122 cm³/mol. The second kappa shape index (κ2) is 9.49. The van der Waals surface area contributed by atoms with Crippen molar-refractivity contribution in [3.8, 4) is 11.4 Å². The number of thioether (sulfide) groups is 1. The molecule has 4 rings (SSSR count). The van der Waals surface area contributed by atoms with Crippen LogP contribution in [-0.2, 0) is 12.2 Å². The average molecular weight is 431 g/mol. The minimum atomic E-state index is -0.430. The number of aromatic nitrogens is 3. The number of hydrogen-bond acceptors (Lipinski definition) is 5. The van der Waals surface area contributed by atoms with E-state index in [1.54, 1.807) is 31.0 Å². The number of methoxy groups -OCH3 is 1. The van der Waals surface area contributed by atoms with E-state index in [0.717, 1.165) is 33.5 Å². The maximum Gasteiger partial charge on any atom is 0.248 e. The highest BCUT2D eigenvalue weighted by Crippen LogP contribution is 2.31. The first-order chi connectivity index (χ1) is 15.2. The average Bonchev–Trinajstić information content (AvgIpc) is 3.20. The van der Waals surface area contributed by atoms with E-state index >= 15 is 0 Å². The fraction of sp³-hybridized carbons (Fsp3) is 0.125. The zero-order chi connectivity index (χ0) is 21.6. The van der Waals surface area contributed by atoms with Crippen molar-refractivity contribution in [1.82, 2.24) is 14.8 Å². The molecular weight excluding hydrogens is 408 g/mol. The summed E-state index contributed by atoms with van der Waals surface area (Å²) in [5, 5.41) is 9.73. The summed E-state index contributed by atoms with van der Waals surface area (Å²) < 4.78 is 7.65. The molecule has 0 bridgehead atoms. The second-order valence-electron chi connectivity index (χ2n) is 6.92. The smallest absolute Gasteiger partial charge is 0.248 e. The Labute approximate surface area is 185 Å². The number of amides is 1. The first-order valence-electron chi connectivity index (χ1n) is 9.79. The van der Waals surface area contributed by atoms with Gasteiger partial charge >= 0.3 is 0 Å². The number of para-hydroxylation sites is 2. The largest absolute Gasteiger partial charge is 0.495 e. The lowest BCUT2D eigenvalue weighted by atomic mass is 10.1. The second-order valence-corrected chi connectivity index (χ2v) is 7.86. The van der Waals surface area contributed by atoms with Crippen LogP contribution in [0.1, 0.15) is 27.3 Å². The summed E-state index contributed by atoms with van der Waals surface area (Å²) in [5.41, 5.74) is 8.94. The zero-order valence-electron chi connectivity index (χ0n) is 17.1. The van der Waals surface area contributed by atoms with Gasteiger partial charge in [0.05, 0.1) is 12.8 Å². The molecule has 0 radical (unpaired) electrons. The monoisotopic (exact) mass is 430 g/mol. The molecule has 1 amide bonds. The minimum absolute atomic E-state index is 0.430. The molecule has 2 N–H and O–H groups in total. The van der Waals surface area contributed by atoms with E-state index in [2.05, 4.69) is 22.3 Å². The van der Waals surface area contributed by atoms with Crippen LogP contribution in [0.15, 0.2) is 84.0 Å². The Morgan fingerprint density at radius 2 is 1.65 bits per heavy atom. The Morgan fingerprint density at radius 3 is 2.35 bits per heavy atom. The van der Waals surface area contributed by atoms with Crippen LogP contribution in [0.25, 0.3) is 5.69 Å². The molecule has 1 heterocycles. The van der Waals surface area contributed by atoms with Crippen LogP contribution >= 0.6 is 11.8 Å². The van der Waals surface area contributed by atoms with Gasteiger partial charge in [0.2, 0.25) is 5.91 Å². The number of nitrogens with zero attached hydrogens (tertiary/aromatic N) is 3. The number of carbonyl (C=O) groups excluding carboxylic acids is 1. The Morgan fingerprint density at radius 1 is 0.935 bits per heavy atom. The first-order valence-corrected chi connectivity index (χ1v) is 10.8. The number of benzene rings is 3. The van der Waals surface area contributed by atoms with Crippen LogP contribution < -0.4 is 10.5 Å². The molecule has 3 aromatic carbocycles. The SMILES string of the molecule is COc1ccccc1-n1c(Cc2ccccc2)nnc1SCc1ccc(C(N)=O)cc1. The fourth-order valence-corrected chi connectivity index (χ4v) is 4.18. The van der Waals surface area contributed by atoms with Crippen molar-refractivity contribution < 1.29 is 9.53 Å². The third-order valence-corrected chi connectivity index (χ3v) is 5.84. The summed E-state index contributed by atoms with van der Waals surface area (Å²) in [6.07, 6.45) is 0.653. The maximum absolute atomic E-state index is 11.3. The lowest BCUT2D eigenvalue weighted by Crippen LogP contribution is -2.10. The van der Waals surface area contributed by atoms with Crippen LogP contribution in [0.4, 0.5) is 0 Å². The van der Waals surface area contributed by atoms with Gasteiger partial charge in [0, 0.05) is 17.7 Å². The molecule has 0 spiro atoms. The molecule has 0 atom stereocenters. The lowest BCUT2D eigenvalue weighted by molar-refractivity contribution is 0.100. The summed E-state index contributed by atoms with van der Waals surface area (Å²) in [6, 6.07) is 25.3. The molecule has 1 aromatic heterocycles. The summed E-state index contributed by atoms with van der Waals surface area (Å²) in [6.45, 7) is 0. The number of rotatable bonds is 8. The molecule has 31 heavy (non-hydrogen) atoms. The Kier molecular flexibility index (Phi) is 6.33. The van der Waals surface area contributed by atoms with Crippen molar-refractivity contribution in [3.05, 3.63) is 101 Å². The van der Waals surface area contributed by atoms with Crippen LogP contribution in [-0.4, -0.2) is 27.8 Å². The molecule has 0 saturated heterocycles. The van der Waals surface area contributed by atoms with Crippen LogP contribution in [0.5, 0.6) is 5.75 Å². The topological polar surface area (TPSA) is 83.0 Å². The van der Waals surface area contributed by atoms with E-state index in [4.69, 9.17) is 10.5 Å². The highest BCUT2D eigenvalue weighted by Gasteiger charge is 2.18. The highest BCUT2D eigenvalue weighted by molar-refractivity contribution is 7.98. The van der Waals surface area contributed by atoms with E-state index in [1.807, 2.05) is 59.2 Å². The Balaban J connectivity index is 1.66. The molecule has 0 unspecified atom stereocenters. The fourth-order valence-electron chi connectivity index (χ4n) is 3.26. The zero-order valence-corrected chi connectivity index (χ0v) is 17.9. The minimum Gasteiger partial charge on any atom is -0.495 e. The third kappa shape index (κ3) is 4.78. The maximum atomic E-state index is 11.3. The van der Waals surface area contributed by atoms with Gasteiger partial charge < -0.3 is 10.5 Å². The number of nitrogens with two attached hydrogens (primary N) is 1. The van der Waals surface area contributed by atoms with Crippen molar-refractivity contribution in [2.45, 2.75) is 17.3 Å². The van der Waals surface area contributed by atoms with E-state index < -0.39 is 5.91 Å². The molecule has 0 fully saturated rings. The van der Waals surface area contributed by atoms with Gasteiger partial charge in [-0.05, 0) is 35.4 Å². The molecule has 0 aliphatic carbocycles. The molecular formula is C24H22N4O2S. The van der Waals surface area contributed by atoms with Gasteiger partial charge in [-0.15, -0.1) is 10.2 Å². The van der Waals surface area contributed by atoms with Crippen molar-refractivity contribution in [2.24, 2.45) is 5.73 Å². The highest BCUT2D eigenvalue weighted by atomic mass is 32.2. The quantitative estimate of drug-likeness (QED) is 0.422. The van der Waals surface area contributed by atoms with Crippen LogP contribution in [0, 0.1) is 0 Å². The van der Waals surface area contributed by atoms with Crippen LogP contribution in [0.2, 0.25) is 0 Å². The van der Waals surface area contributed by atoms with Gasteiger partial charge in [-0.25, -0.2) is 0 Å². The van der Waals surface area contributed by atoms with Crippen molar-refractivity contribution in [2.75, 3.05) is 7.11 Å². The molecule has 0 saturated carbocycles. The number of primary amides is 1. The van der Waals surface area contributed by atoms with E-state index in [9.17, 15) is 4.79 Å². The van der Waals surface area contributed by atoms with Gasteiger partial charge in [-0.3, -0.25) is 9.36 Å². The standard InChI is InChI=1S/C24H22N4O2S/c1-30-21-10-6-5-9-20(21)28-22(15-17-7-3-2-4-8-17)26-27-24(28)31-16-18-11-13-19(14-12-18)23(25)29/h2-14H,15-16H2,1H3,(H2,25,29). The molecule has 156 valence electrons. The van der Waals surface area contributed by atoms with Gasteiger partial charge in [0.15, 0.2) is 5.16 Å². The Hall–Kier alpha value is -3.58. The third-order valence-electron chi connectivity index (χ3n) is 4.84. The van der Waals surface area contributed by atoms with Crippen LogP contribution in [0.3, 0.4) is 0 Å². The van der Waals surface area contributed by atoms with Crippen molar-refractivity contribution in [1.29, 1.82) is 0 Å². The van der Waals surface area contributed by atoms with E-state index in [-0.39, 0.29) is 0 Å². The number of hydrogen-bond donors (Lipinski definition) is 1. The van der Waals surface area contributed by atoms with Gasteiger partial charge in [-0.1, -0.05) is 66.4 Å². The predicted octanol–water partition coefficient (Wildman–Crippen LogP) is 4.26. The number of carbonyl (C=O) groups is 1. The summed E-state index contributed by atoms with van der Waals surface area (Å²) in [5.74, 6) is 1.84. The molecule has 7 heteroatoms. The molecule has 6 nitrogen and oxygen atoms in total. The first kappa shape index (κ1) is 20.7. The molecule has 4 aromatic rings. The van der Waals surface area contributed by atoms with E-state index in [1.165, 1.54) is 0 Å². The lowest BCUT2D eigenvalue weighted by Gasteiger charge is -2.14. The van der Waals surface area contributed by atoms with Crippen molar-refractivity contribution >= 4 is 17.7 Å². The number of ether oxygens (including phenoxy) is 1. The van der Waals surface area contributed by atoms with Gasteiger partial charge in [-0.2, -0.15) is 0 Å². The normalized spacial score (nSPS) is 10.7. The Bertz CT molecular complexity index is 1170.